The molecule has 3 aromatic carbocycles. The number of phenolic OH excluding ortho intramolecular Hbond substituents is 1. The fourth-order valence-electron chi connectivity index (χ4n) is 2.80. The number of carbonyl (C=O) groups is 1. The van der Waals surface area contributed by atoms with E-state index in [0.29, 0.717) is 11.3 Å². The van der Waals surface area contributed by atoms with Gasteiger partial charge < -0.3 is 10.4 Å². The second kappa shape index (κ2) is 6.59. The van der Waals surface area contributed by atoms with Crippen LogP contribution in [0, 0.1) is 6.92 Å². The first kappa shape index (κ1) is 15.8. The Morgan fingerprint density at radius 3 is 2.67 bits per heavy atom. The molecule has 0 unspecified atom stereocenters. The van der Waals surface area contributed by atoms with Crippen molar-refractivity contribution in [3.8, 4) is 5.75 Å². The highest BCUT2D eigenvalue weighted by molar-refractivity contribution is 6.10. The zero-order chi connectivity index (χ0) is 17.1. The Morgan fingerprint density at radius 1 is 1.08 bits per heavy atom. The van der Waals surface area contributed by atoms with Gasteiger partial charge >= 0.3 is 0 Å². The van der Waals surface area contributed by atoms with E-state index in [4.69, 9.17) is 0 Å². The Labute approximate surface area is 141 Å². The number of fused-ring (bicyclic) bond motifs is 1. The number of phenols is 1. The quantitative estimate of drug-likeness (QED) is 0.702. The van der Waals surface area contributed by atoms with Crippen LogP contribution in [0.5, 0.6) is 5.75 Å². The number of aromatic hydroxyl groups is 1. The molecule has 1 amide bonds. The van der Waals surface area contributed by atoms with E-state index in [9.17, 15) is 9.90 Å². The molecular formula is C21H19NO2. The molecule has 0 aliphatic heterocycles. The number of nitrogens with one attached hydrogen (secondary N) is 1. The Morgan fingerprint density at radius 2 is 1.92 bits per heavy atom. The lowest BCUT2D eigenvalue weighted by molar-refractivity contribution is 0.102. The molecular weight excluding hydrogens is 298 g/mol. The SMILES string of the molecule is C/C=C/c1ccc(C(=O)Nc2cccc3ccc(O)cc23)c(C)c1. The summed E-state index contributed by atoms with van der Waals surface area (Å²) >= 11 is 0. The van der Waals surface area contributed by atoms with Gasteiger partial charge in [0, 0.05) is 16.6 Å². The van der Waals surface area contributed by atoms with Crippen LogP contribution in [0.25, 0.3) is 16.8 Å². The number of hydrogen-bond donors (Lipinski definition) is 2. The van der Waals surface area contributed by atoms with Crippen LogP contribution in [0.2, 0.25) is 0 Å². The van der Waals surface area contributed by atoms with Crippen LogP contribution in [-0.4, -0.2) is 11.0 Å². The van der Waals surface area contributed by atoms with E-state index in [1.807, 2.05) is 68.5 Å². The summed E-state index contributed by atoms with van der Waals surface area (Å²) in [6, 6.07) is 16.5. The summed E-state index contributed by atoms with van der Waals surface area (Å²) in [7, 11) is 0. The Bertz CT molecular complexity index is 942. The van der Waals surface area contributed by atoms with Gasteiger partial charge in [-0.2, -0.15) is 0 Å². The van der Waals surface area contributed by atoms with E-state index >= 15 is 0 Å². The maximum absolute atomic E-state index is 12.6. The van der Waals surface area contributed by atoms with E-state index in [1.165, 1.54) is 0 Å². The van der Waals surface area contributed by atoms with Crippen LogP contribution >= 0.6 is 0 Å². The number of anilines is 1. The summed E-state index contributed by atoms with van der Waals surface area (Å²) in [5.41, 5.74) is 3.32. The predicted octanol–water partition coefficient (Wildman–Crippen LogP) is 5.14. The van der Waals surface area contributed by atoms with Crippen LogP contribution in [0.15, 0.2) is 60.7 Å². The highest BCUT2D eigenvalue weighted by Crippen LogP contribution is 2.27. The maximum Gasteiger partial charge on any atom is 0.255 e. The molecule has 3 aromatic rings. The lowest BCUT2D eigenvalue weighted by Gasteiger charge is -2.11. The van der Waals surface area contributed by atoms with Gasteiger partial charge in [-0.3, -0.25) is 4.79 Å². The summed E-state index contributed by atoms with van der Waals surface area (Å²) in [5.74, 6) is 0.0199. The first-order valence-corrected chi connectivity index (χ1v) is 7.85. The predicted molar refractivity (Wildman–Crippen MR) is 99.5 cm³/mol. The minimum atomic E-state index is -0.157. The number of rotatable bonds is 3. The van der Waals surface area contributed by atoms with Gasteiger partial charge in [0.15, 0.2) is 0 Å². The third-order valence-corrected chi connectivity index (χ3v) is 3.97. The van der Waals surface area contributed by atoms with Gasteiger partial charge in [-0.05, 0) is 54.6 Å². The zero-order valence-electron chi connectivity index (χ0n) is 13.7. The van der Waals surface area contributed by atoms with Crippen LogP contribution in [0.1, 0.15) is 28.4 Å². The lowest BCUT2D eigenvalue weighted by Crippen LogP contribution is -2.13. The highest BCUT2D eigenvalue weighted by atomic mass is 16.3. The Kier molecular flexibility index (Phi) is 4.34. The monoisotopic (exact) mass is 317 g/mol. The molecule has 3 rings (SSSR count). The van der Waals surface area contributed by atoms with Gasteiger partial charge in [-0.25, -0.2) is 0 Å². The largest absolute Gasteiger partial charge is 0.508 e. The average Bonchev–Trinajstić information content (AvgIpc) is 2.56. The molecule has 3 nitrogen and oxygen atoms in total. The normalized spacial score (nSPS) is 11.1. The summed E-state index contributed by atoms with van der Waals surface area (Å²) < 4.78 is 0. The second-order valence-corrected chi connectivity index (χ2v) is 5.74. The molecule has 0 heterocycles. The number of amides is 1. The van der Waals surface area contributed by atoms with Crippen molar-refractivity contribution in [2.24, 2.45) is 0 Å². The van der Waals surface area contributed by atoms with E-state index in [1.54, 1.807) is 12.1 Å². The standard InChI is InChI=1S/C21H19NO2/c1-3-5-15-8-11-18(14(2)12-15)21(24)22-20-7-4-6-16-9-10-17(23)13-19(16)20/h3-13,23H,1-2H3,(H,22,24)/b5-3+. The average molecular weight is 317 g/mol. The van der Waals surface area contributed by atoms with Crippen LogP contribution in [-0.2, 0) is 0 Å². The molecule has 0 saturated heterocycles. The first-order chi connectivity index (χ1) is 11.6. The van der Waals surface area contributed by atoms with Crippen molar-refractivity contribution in [3.05, 3.63) is 77.4 Å². The number of hydrogen-bond acceptors (Lipinski definition) is 2. The molecule has 2 N–H and O–H groups in total. The summed E-state index contributed by atoms with van der Waals surface area (Å²) in [5, 5.41) is 14.4. The van der Waals surface area contributed by atoms with Gasteiger partial charge in [0.05, 0.1) is 0 Å². The zero-order valence-corrected chi connectivity index (χ0v) is 13.7. The second-order valence-electron chi connectivity index (χ2n) is 5.74. The van der Waals surface area contributed by atoms with Gasteiger partial charge in [-0.15, -0.1) is 0 Å². The summed E-state index contributed by atoms with van der Waals surface area (Å²) in [4.78, 5) is 12.6. The number of carbonyl (C=O) groups excluding carboxylic acids is 1. The summed E-state index contributed by atoms with van der Waals surface area (Å²) in [6.45, 7) is 3.89. The van der Waals surface area contributed by atoms with Gasteiger partial charge in [-0.1, -0.05) is 42.5 Å². The van der Waals surface area contributed by atoms with Crippen molar-refractivity contribution in [2.75, 3.05) is 5.32 Å². The smallest absolute Gasteiger partial charge is 0.255 e. The van der Waals surface area contributed by atoms with Gasteiger partial charge in [0.2, 0.25) is 0 Å². The van der Waals surface area contributed by atoms with Crippen LogP contribution in [0.4, 0.5) is 5.69 Å². The Hall–Kier alpha value is -3.07. The van der Waals surface area contributed by atoms with Gasteiger partial charge in [0.25, 0.3) is 5.91 Å². The van der Waals surface area contributed by atoms with Crippen molar-refractivity contribution in [1.82, 2.24) is 0 Å². The summed E-state index contributed by atoms with van der Waals surface area (Å²) in [6.07, 6.45) is 3.97. The molecule has 0 saturated carbocycles. The number of aryl methyl sites for hydroxylation is 1. The fourth-order valence-corrected chi connectivity index (χ4v) is 2.80. The van der Waals surface area contributed by atoms with Crippen LogP contribution < -0.4 is 5.32 Å². The van der Waals surface area contributed by atoms with Gasteiger partial charge in [0.1, 0.15) is 5.75 Å². The van der Waals surface area contributed by atoms with Crippen molar-refractivity contribution >= 4 is 28.4 Å². The number of benzene rings is 3. The molecule has 0 atom stereocenters. The van der Waals surface area contributed by atoms with Crippen molar-refractivity contribution in [3.63, 3.8) is 0 Å². The van der Waals surface area contributed by atoms with Crippen molar-refractivity contribution < 1.29 is 9.90 Å². The molecule has 0 aromatic heterocycles. The first-order valence-electron chi connectivity index (χ1n) is 7.85. The highest BCUT2D eigenvalue weighted by Gasteiger charge is 2.11. The van der Waals surface area contributed by atoms with E-state index in [2.05, 4.69) is 5.32 Å². The molecule has 0 aliphatic carbocycles. The molecule has 0 fully saturated rings. The van der Waals surface area contributed by atoms with E-state index < -0.39 is 0 Å². The van der Waals surface area contributed by atoms with Crippen LogP contribution in [0.3, 0.4) is 0 Å². The topological polar surface area (TPSA) is 49.3 Å². The minimum Gasteiger partial charge on any atom is -0.508 e. The lowest BCUT2D eigenvalue weighted by atomic mass is 10.0. The third-order valence-electron chi connectivity index (χ3n) is 3.97. The minimum absolute atomic E-state index is 0.157. The molecule has 3 heteroatoms. The molecule has 24 heavy (non-hydrogen) atoms. The fraction of sp³-hybridized carbons (Fsp3) is 0.0952. The molecule has 0 bridgehead atoms. The van der Waals surface area contributed by atoms with Crippen molar-refractivity contribution in [1.29, 1.82) is 0 Å². The van der Waals surface area contributed by atoms with E-state index in [-0.39, 0.29) is 11.7 Å². The van der Waals surface area contributed by atoms with E-state index in [0.717, 1.165) is 21.9 Å². The molecule has 0 aliphatic rings. The Balaban J connectivity index is 1.94. The number of allylic oxidation sites excluding steroid dienone is 1. The van der Waals surface area contributed by atoms with Crippen molar-refractivity contribution in [2.45, 2.75) is 13.8 Å². The molecule has 0 radical (unpaired) electrons. The molecule has 120 valence electrons. The molecule has 0 spiro atoms. The third kappa shape index (κ3) is 3.15. The maximum atomic E-state index is 12.6.